The normalized spacial score (nSPS) is 11.9. The molecule has 0 aliphatic heterocycles. The van der Waals surface area contributed by atoms with Crippen LogP contribution in [0.2, 0.25) is 0 Å². The Morgan fingerprint density at radius 3 is 2.38 bits per heavy atom. The first-order chi connectivity index (χ1) is 18.6. The minimum Gasteiger partial charge on any atom is -0.493 e. The SMILES string of the molecule is COc1cc(C#N)ccc1Oc1nnc(-c2cccc(C#N)c2)c(C)c1C(=O)Nc1cccc(S(C)(=N)=O)c1. The van der Waals surface area contributed by atoms with Gasteiger partial charge < -0.3 is 14.8 Å². The van der Waals surface area contributed by atoms with Gasteiger partial charge >= 0.3 is 0 Å². The lowest BCUT2D eigenvalue weighted by Gasteiger charge is -2.16. The Morgan fingerprint density at radius 1 is 0.974 bits per heavy atom. The summed E-state index contributed by atoms with van der Waals surface area (Å²) in [6.45, 7) is 1.68. The van der Waals surface area contributed by atoms with Crippen molar-refractivity contribution in [1.29, 1.82) is 15.3 Å². The highest BCUT2D eigenvalue weighted by molar-refractivity contribution is 7.91. The quantitative estimate of drug-likeness (QED) is 0.321. The number of ether oxygens (including phenoxy) is 2. The lowest BCUT2D eigenvalue weighted by Crippen LogP contribution is -2.17. The third-order valence-corrected chi connectivity index (χ3v) is 6.87. The van der Waals surface area contributed by atoms with E-state index >= 15 is 0 Å². The molecule has 0 spiro atoms. The van der Waals surface area contributed by atoms with E-state index in [1.807, 2.05) is 6.07 Å². The minimum absolute atomic E-state index is 0.0577. The van der Waals surface area contributed by atoms with Gasteiger partial charge in [0, 0.05) is 28.5 Å². The number of aromatic nitrogens is 2. The smallest absolute Gasteiger partial charge is 0.261 e. The van der Waals surface area contributed by atoms with Gasteiger partial charge in [-0.1, -0.05) is 18.2 Å². The van der Waals surface area contributed by atoms with E-state index in [0.717, 1.165) is 0 Å². The molecular formula is C28H22N6O4S. The first-order valence-corrected chi connectivity index (χ1v) is 13.4. The van der Waals surface area contributed by atoms with E-state index < -0.39 is 15.6 Å². The summed E-state index contributed by atoms with van der Waals surface area (Å²) in [4.78, 5) is 13.9. The summed E-state index contributed by atoms with van der Waals surface area (Å²) >= 11 is 0. The molecule has 0 saturated heterocycles. The number of rotatable bonds is 7. The van der Waals surface area contributed by atoms with Gasteiger partial charge in [0.25, 0.3) is 11.8 Å². The van der Waals surface area contributed by atoms with Crippen molar-refractivity contribution >= 4 is 21.3 Å². The van der Waals surface area contributed by atoms with Crippen LogP contribution in [-0.2, 0) is 9.73 Å². The van der Waals surface area contributed by atoms with E-state index in [0.29, 0.717) is 33.6 Å². The number of hydrogen-bond acceptors (Lipinski definition) is 9. The fourth-order valence-electron chi connectivity index (χ4n) is 3.78. The first kappa shape index (κ1) is 26.8. The van der Waals surface area contributed by atoms with Gasteiger partial charge in [-0.2, -0.15) is 10.5 Å². The number of benzene rings is 3. The van der Waals surface area contributed by atoms with Gasteiger partial charge in [-0.15, -0.1) is 10.2 Å². The number of nitriles is 2. The maximum Gasteiger partial charge on any atom is 0.261 e. The number of carbonyl (C=O) groups excluding carboxylic acids is 1. The number of anilines is 1. The zero-order valence-corrected chi connectivity index (χ0v) is 22.0. The summed E-state index contributed by atoms with van der Waals surface area (Å²) in [6, 6.07) is 21.6. The molecule has 0 aliphatic carbocycles. The number of nitrogens with zero attached hydrogens (tertiary/aromatic N) is 4. The van der Waals surface area contributed by atoms with Crippen LogP contribution in [0.5, 0.6) is 17.4 Å². The monoisotopic (exact) mass is 538 g/mol. The molecule has 4 aromatic rings. The van der Waals surface area contributed by atoms with E-state index in [9.17, 15) is 19.5 Å². The fraction of sp³-hybridized carbons (Fsp3) is 0.107. The Bertz CT molecular complexity index is 1790. The zero-order chi connectivity index (χ0) is 28.2. The third kappa shape index (κ3) is 5.85. The van der Waals surface area contributed by atoms with Gasteiger partial charge in [-0.25, -0.2) is 8.99 Å². The Balaban J connectivity index is 1.84. The summed E-state index contributed by atoms with van der Waals surface area (Å²) in [6.07, 6.45) is 1.30. The second-order valence-corrected chi connectivity index (χ2v) is 10.6. The van der Waals surface area contributed by atoms with Crippen molar-refractivity contribution in [2.45, 2.75) is 11.8 Å². The number of carbonyl (C=O) groups is 1. The summed E-state index contributed by atoms with van der Waals surface area (Å²) < 4.78 is 31.4. The standard InChI is InChI=1S/C28H22N6O4S/c1-17-25(27(35)32-21-8-5-9-22(14-21)39(3,31)36)28(38-23-11-10-19(16-30)13-24(23)37-2)34-33-26(17)20-7-4-6-18(12-20)15-29/h4-14,31H,1-3H3,(H,32,35). The number of amides is 1. The summed E-state index contributed by atoms with van der Waals surface area (Å²) in [5.74, 6) is -0.247. The molecule has 1 unspecified atom stereocenters. The van der Waals surface area contributed by atoms with Crippen LogP contribution < -0.4 is 14.8 Å². The number of hydrogen-bond donors (Lipinski definition) is 2. The van der Waals surface area contributed by atoms with Crippen molar-refractivity contribution in [3.63, 3.8) is 0 Å². The Hall–Kier alpha value is -5.26. The molecule has 0 saturated carbocycles. The lowest BCUT2D eigenvalue weighted by molar-refractivity contribution is 0.102. The Kier molecular flexibility index (Phi) is 7.56. The highest BCUT2D eigenvalue weighted by atomic mass is 32.2. The summed E-state index contributed by atoms with van der Waals surface area (Å²) in [5, 5.41) is 29.8. The second-order valence-electron chi connectivity index (χ2n) is 8.45. The van der Waals surface area contributed by atoms with E-state index in [2.05, 4.69) is 21.6 Å². The predicted molar refractivity (Wildman–Crippen MR) is 144 cm³/mol. The van der Waals surface area contributed by atoms with Crippen LogP contribution in [0.3, 0.4) is 0 Å². The fourth-order valence-corrected chi connectivity index (χ4v) is 4.47. The van der Waals surface area contributed by atoms with Gasteiger partial charge in [-0.3, -0.25) is 4.79 Å². The molecule has 1 amide bonds. The molecule has 0 fully saturated rings. The van der Waals surface area contributed by atoms with Gasteiger partial charge in [0.15, 0.2) is 11.5 Å². The maximum atomic E-state index is 13.7. The maximum absolute atomic E-state index is 13.7. The number of nitrogens with one attached hydrogen (secondary N) is 2. The van der Waals surface area contributed by atoms with E-state index in [1.165, 1.54) is 37.6 Å². The van der Waals surface area contributed by atoms with Crippen LogP contribution in [0.4, 0.5) is 5.69 Å². The second kappa shape index (κ2) is 11.0. The van der Waals surface area contributed by atoms with Gasteiger partial charge in [0.2, 0.25) is 0 Å². The van der Waals surface area contributed by atoms with Gasteiger partial charge in [0.05, 0.1) is 45.8 Å². The van der Waals surface area contributed by atoms with Crippen molar-refractivity contribution in [1.82, 2.24) is 10.2 Å². The molecule has 1 atom stereocenters. The van der Waals surface area contributed by atoms with Crippen molar-refractivity contribution in [3.8, 4) is 40.8 Å². The van der Waals surface area contributed by atoms with Crippen LogP contribution in [0, 0.1) is 34.4 Å². The molecule has 4 rings (SSSR count). The Labute approximate surface area is 225 Å². The van der Waals surface area contributed by atoms with E-state index in [1.54, 1.807) is 49.4 Å². The third-order valence-electron chi connectivity index (χ3n) is 5.72. The molecule has 10 nitrogen and oxygen atoms in total. The van der Waals surface area contributed by atoms with Gasteiger partial charge in [0.1, 0.15) is 5.56 Å². The molecule has 39 heavy (non-hydrogen) atoms. The lowest BCUT2D eigenvalue weighted by atomic mass is 10.0. The van der Waals surface area contributed by atoms with E-state index in [-0.39, 0.29) is 27.8 Å². The zero-order valence-electron chi connectivity index (χ0n) is 21.2. The molecular weight excluding hydrogens is 516 g/mol. The largest absolute Gasteiger partial charge is 0.493 e. The highest BCUT2D eigenvalue weighted by Gasteiger charge is 2.24. The minimum atomic E-state index is -3.01. The van der Waals surface area contributed by atoms with Crippen molar-refractivity contribution < 1.29 is 18.5 Å². The number of methoxy groups -OCH3 is 1. The summed E-state index contributed by atoms with van der Waals surface area (Å²) in [7, 11) is -1.59. The summed E-state index contributed by atoms with van der Waals surface area (Å²) in [5.41, 5.74) is 2.53. The van der Waals surface area contributed by atoms with Crippen LogP contribution in [0.1, 0.15) is 27.0 Å². The van der Waals surface area contributed by atoms with Crippen LogP contribution in [0.15, 0.2) is 71.6 Å². The highest BCUT2D eigenvalue weighted by Crippen LogP contribution is 2.36. The molecule has 0 aliphatic rings. The topological polar surface area (TPSA) is 162 Å². The molecule has 0 bridgehead atoms. The molecule has 3 aromatic carbocycles. The predicted octanol–water partition coefficient (Wildman–Crippen LogP) is 5.28. The molecule has 11 heteroatoms. The van der Waals surface area contributed by atoms with E-state index in [4.69, 9.17) is 14.3 Å². The van der Waals surface area contributed by atoms with Crippen molar-refractivity contribution in [3.05, 3.63) is 89.0 Å². The van der Waals surface area contributed by atoms with Crippen LogP contribution in [0.25, 0.3) is 11.3 Å². The van der Waals surface area contributed by atoms with Crippen LogP contribution >= 0.6 is 0 Å². The molecule has 1 heterocycles. The molecule has 194 valence electrons. The van der Waals surface area contributed by atoms with Crippen molar-refractivity contribution in [2.24, 2.45) is 0 Å². The average molecular weight is 539 g/mol. The average Bonchev–Trinajstić information content (AvgIpc) is 2.93. The molecule has 2 N–H and O–H groups in total. The van der Waals surface area contributed by atoms with Gasteiger partial charge in [-0.05, 0) is 55.0 Å². The first-order valence-electron chi connectivity index (χ1n) is 11.4. The Morgan fingerprint density at radius 2 is 1.69 bits per heavy atom. The molecule has 0 radical (unpaired) electrons. The molecule has 1 aromatic heterocycles. The van der Waals surface area contributed by atoms with Crippen LogP contribution in [-0.4, -0.2) is 33.7 Å². The van der Waals surface area contributed by atoms with Crippen molar-refractivity contribution in [2.75, 3.05) is 18.7 Å².